The molecule has 0 aliphatic heterocycles. The Kier molecular flexibility index (Phi) is 4.49. The Morgan fingerprint density at radius 3 is 2.87 bits per heavy atom. The summed E-state index contributed by atoms with van der Waals surface area (Å²) in [5, 5.41) is 8.39. The maximum Gasteiger partial charge on any atom is 0.303 e. The first-order valence-corrected chi connectivity index (χ1v) is 5.22. The van der Waals surface area contributed by atoms with Crippen LogP contribution in [0, 0.1) is 5.82 Å². The largest absolute Gasteiger partial charge is 0.481 e. The molecule has 0 unspecified atom stereocenters. The average molecular weight is 273 g/mol. The van der Waals surface area contributed by atoms with Gasteiger partial charge in [-0.2, -0.15) is 0 Å². The predicted octanol–water partition coefficient (Wildman–Crippen LogP) is 3.47. The molecular formula is C11H10BrFO2. The van der Waals surface area contributed by atoms with Gasteiger partial charge in [-0.05, 0) is 40.0 Å². The van der Waals surface area contributed by atoms with Gasteiger partial charge in [0, 0.05) is 6.42 Å². The highest BCUT2D eigenvalue weighted by atomic mass is 79.9. The highest BCUT2D eigenvalue weighted by Crippen LogP contribution is 2.17. The SMILES string of the molecule is O=C(O)CCC=Cc1ccc(Br)c(F)c1. The highest BCUT2D eigenvalue weighted by Gasteiger charge is 1.98. The Morgan fingerprint density at radius 1 is 1.53 bits per heavy atom. The summed E-state index contributed by atoms with van der Waals surface area (Å²) < 4.78 is 13.5. The minimum atomic E-state index is -0.832. The van der Waals surface area contributed by atoms with Gasteiger partial charge in [-0.15, -0.1) is 0 Å². The minimum Gasteiger partial charge on any atom is -0.481 e. The molecule has 0 amide bonds. The molecule has 0 atom stereocenters. The van der Waals surface area contributed by atoms with E-state index in [1.807, 2.05) is 0 Å². The maximum absolute atomic E-state index is 13.0. The maximum atomic E-state index is 13.0. The van der Waals surface area contributed by atoms with Crippen molar-refractivity contribution in [2.45, 2.75) is 12.8 Å². The molecule has 15 heavy (non-hydrogen) atoms. The second kappa shape index (κ2) is 5.66. The molecule has 0 spiro atoms. The van der Waals surface area contributed by atoms with Gasteiger partial charge in [-0.1, -0.05) is 18.2 Å². The first kappa shape index (κ1) is 11.9. The van der Waals surface area contributed by atoms with Crippen molar-refractivity contribution in [3.63, 3.8) is 0 Å². The lowest BCUT2D eigenvalue weighted by Gasteiger charge is -1.96. The van der Waals surface area contributed by atoms with E-state index in [1.54, 1.807) is 24.3 Å². The monoisotopic (exact) mass is 272 g/mol. The van der Waals surface area contributed by atoms with Crippen molar-refractivity contribution in [2.75, 3.05) is 0 Å². The standard InChI is InChI=1S/C11H10BrFO2/c12-9-6-5-8(7-10(9)13)3-1-2-4-11(14)15/h1,3,5-7H,2,4H2,(H,14,15). The normalized spacial score (nSPS) is 10.8. The Morgan fingerprint density at radius 2 is 2.27 bits per heavy atom. The molecule has 0 aliphatic carbocycles. The van der Waals surface area contributed by atoms with Crippen LogP contribution in [0.1, 0.15) is 18.4 Å². The second-order valence-corrected chi connectivity index (χ2v) is 3.86. The number of hydrogen-bond donors (Lipinski definition) is 1. The van der Waals surface area contributed by atoms with Crippen molar-refractivity contribution in [1.29, 1.82) is 0 Å². The van der Waals surface area contributed by atoms with E-state index >= 15 is 0 Å². The molecule has 0 heterocycles. The van der Waals surface area contributed by atoms with Crippen LogP contribution >= 0.6 is 15.9 Å². The van der Waals surface area contributed by atoms with Crippen LogP contribution in [-0.2, 0) is 4.79 Å². The number of carboxylic acids is 1. The van der Waals surface area contributed by atoms with Crippen molar-refractivity contribution < 1.29 is 14.3 Å². The molecule has 0 saturated heterocycles. The van der Waals surface area contributed by atoms with E-state index in [4.69, 9.17) is 5.11 Å². The van der Waals surface area contributed by atoms with E-state index in [9.17, 15) is 9.18 Å². The fourth-order valence-corrected chi connectivity index (χ4v) is 1.29. The van der Waals surface area contributed by atoms with E-state index in [-0.39, 0.29) is 12.2 Å². The number of hydrogen-bond acceptors (Lipinski definition) is 1. The topological polar surface area (TPSA) is 37.3 Å². The van der Waals surface area contributed by atoms with Gasteiger partial charge in [0.05, 0.1) is 4.47 Å². The first-order chi connectivity index (χ1) is 7.09. The van der Waals surface area contributed by atoms with E-state index in [0.717, 1.165) is 5.56 Å². The van der Waals surface area contributed by atoms with Gasteiger partial charge in [0.15, 0.2) is 0 Å². The van der Waals surface area contributed by atoms with Gasteiger partial charge in [0.1, 0.15) is 5.82 Å². The number of benzene rings is 1. The predicted molar refractivity (Wildman–Crippen MR) is 60.0 cm³/mol. The van der Waals surface area contributed by atoms with Gasteiger partial charge >= 0.3 is 5.97 Å². The van der Waals surface area contributed by atoms with E-state index in [1.165, 1.54) is 6.07 Å². The average Bonchev–Trinajstić information content (AvgIpc) is 2.18. The van der Waals surface area contributed by atoms with Crippen LogP contribution in [0.15, 0.2) is 28.7 Å². The van der Waals surface area contributed by atoms with Crippen molar-refractivity contribution in [3.8, 4) is 0 Å². The van der Waals surface area contributed by atoms with Gasteiger partial charge in [0.25, 0.3) is 0 Å². The Balaban J connectivity index is 2.57. The van der Waals surface area contributed by atoms with Crippen molar-refractivity contribution in [1.82, 2.24) is 0 Å². The Hall–Kier alpha value is -1.16. The van der Waals surface area contributed by atoms with Gasteiger partial charge in [-0.25, -0.2) is 4.39 Å². The van der Waals surface area contributed by atoms with Crippen molar-refractivity contribution in [3.05, 3.63) is 40.1 Å². The van der Waals surface area contributed by atoms with Crippen LogP contribution < -0.4 is 0 Å². The summed E-state index contributed by atoms with van der Waals surface area (Å²) >= 11 is 3.05. The number of allylic oxidation sites excluding steroid dienone is 1. The van der Waals surface area contributed by atoms with Crippen molar-refractivity contribution in [2.24, 2.45) is 0 Å². The quantitative estimate of drug-likeness (QED) is 0.912. The lowest BCUT2D eigenvalue weighted by Crippen LogP contribution is -1.91. The van der Waals surface area contributed by atoms with Gasteiger partial charge in [-0.3, -0.25) is 4.79 Å². The number of carbonyl (C=O) groups is 1. The molecule has 1 N–H and O–H groups in total. The van der Waals surface area contributed by atoms with E-state index in [0.29, 0.717) is 10.9 Å². The molecule has 4 heteroatoms. The molecule has 0 radical (unpaired) electrons. The summed E-state index contributed by atoms with van der Waals surface area (Å²) in [6.07, 6.45) is 3.97. The van der Waals surface area contributed by atoms with Crippen LogP contribution in [-0.4, -0.2) is 11.1 Å². The molecule has 1 rings (SSSR count). The summed E-state index contributed by atoms with van der Waals surface area (Å²) in [6, 6.07) is 4.76. The van der Waals surface area contributed by atoms with Crippen LogP contribution in [0.4, 0.5) is 4.39 Å². The summed E-state index contributed by atoms with van der Waals surface area (Å²) in [5.74, 6) is -1.16. The fourth-order valence-electron chi connectivity index (χ4n) is 1.04. The molecule has 0 bridgehead atoms. The molecule has 2 nitrogen and oxygen atoms in total. The highest BCUT2D eigenvalue weighted by molar-refractivity contribution is 9.10. The zero-order valence-electron chi connectivity index (χ0n) is 7.91. The molecular weight excluding hydrogens is 263 g/mol. The number of halogens is 2. The first-order valence-electron chi connectivity index (χ1n) is 4.43. The van der Waals surface area contributed by atoms with Crippen molar-refractivity contribution >= 4 is 28.0 Å². The third kappa shape index (κ3) is 4.25. The van der Waals surface area contributed by atoms with Gasteiger partial charge < -0.3 is 5.11 Å². The zero-order valence-corrected chi connectivity index (χ0v) is 9.50. The summed E-state index contributed by atoms with van der Waals surface area (Å²) in [4.78, 5) is 10.2. The summed E-state index contributed by atoms with van der Waals surface area (Å²) in [6.45, 7) is 0. The number of rotatable bonds is 4. The third-order valence-corrected chi connectivity index (χ3v) is 2.42. The van der Waals surface area contributed by atoms with Crippen LogP contribution in [0.5, 0.6) is 0 Å². The van der Waals surface area contributed by atoms with Crippen LogP contribution in [0.2, 0.25) is 0 Å². The molecule has 80 valence electrons. The lowest BCUT2D eigenvalue weighted by molar-refractivity contribution is -0.136. The summed E-state index contributed by atoms with van der Waals surface area (Å²) in [5.41, 5.74) is 0.723. The lowest BCUT2D eigenvalue weighted by atomic mass is 10.2. The smallest absolute Gasteiger partial charge is 0.303 e. The second-order valence-electron chi connectivity index (χ2n) is 3.01. The van der Waals surface area contributed by atoms with Gasteiger partial charge in [0.2, 0.25) is 0 Å². The summed E-state index contributed by atoms with van der Waals surface area (Å²) in [7, 11) is 0. The molecule has 1 aromatic carbocycles. The zero-order chi connectivity index (χ0) is 11.3. The Bertz CT molecular complexity index is 388. The van der Waals surface area contributed by atoms with E-state index in [2.05, 4.69) is 15.9 Å². The molecule has 0 fully saturated rings. The van der Waals surface area contributed by atoms with Crippen LogP contribution in [0.25, 0.3) is 6.08 Å². The third-order valence-electron chi connectivity index (χ3n) is 1.78. The number of aliphatic carboxylic acids is 1. The Labute approximate surface area is 95.6 Å². The fraction of sp³-hybridized carbons (Fsp3) is 0.182. The van der Waals surface area contributed by atoms with Crippen LogP contribution in [0.3, 0.4) is 0 Å². The molecule has 0 aromatic heterocycles. The molecule has 0 saturated carbocycles. The molecule has 0 aliphatic rings. The minimum absolute atomic E-state index is 0.0928. The van der Waals surface area contributed by atoms with E-state index < -0.39 is 5.97 Å². The number of carboxylic acid groups (broad SMARTS) is 1. The molecule has 1 aromatic rings.